The van der Waals surface area contributed by atoms with Crippen LogP contribution in [-0.4, -0.2) is 60.7 Å². The summed E-state index contributed by atoms with van der Waals surface area (Å²) in [4.78, 5) is 50.4. The molecule has 3 N–H and O–H groups in total. The molecular formula is C20H31N3O5. The smallest absolute Gasteiger partial charge is 0.243 e. The molecule has 2 saturated carbocycles. The summed E-state index contributed by atoms with van der Waals surface area (Å²) in [6, 6.07) is 0. The molecule has 1 heterocycles. The predicted octanol–water partition coefficient (Wildman–Crippen LogP) is 0.381. The Kier molecular flexibility index (Phi) is 6.69. The minimum atomic E-state index is -1.27. The highest BCUT2D eigenvalue weighted by Gasteiger charge is 2.60. The first-order chi connectivity index (χ1) is 13.5. The van der Waals surface area contributed by atoms with E-state index in [0.29, 0.717) is 44.9 Å². The Labute approximate surface area is 165 Å². The first-order valence-corrected chi connectivity index (χ1v) is 10.4. The van der Waals surface area contributed by atoms with Crippen LogP contribution in [0.15, 0.2) is 0 Å². The molecule has 8 nitrogen and oxygen atoms in total. The van der Waals surface area contributed by atoms with E-state index in [4.69, 9.17) is 10.5 Å². The summed E-state index contributed by atoms with van der Waals surface area (Å²) in [5, 5.41) is 2.73. The fourth-order valence-corrected chi connectivity index (χ4v) is 4.52. The minimum absolute atomic E-state index is 0.0601. The lowest BCUT2D eigenvalue weighted by Gasteiger charge is -2.30. The van der Waals surface area contributed by atoms with Gasteiger partial charge in [-0.1, -0.05) is 32.1 Å². The number of nitrogens with zero attached hydrogens (tertiary/aromatic N) is 1. The van der Waals surface area contributed by atoms with Crippen LogP contribution in [0.2, 0.25) is 0 Å². The highest BCUT2D eigenvalue weighted by molar-refractivity contribution is 5.98. The van der Waals surface area contributed by atoms with Crippen LogP contribution in [0.4, 0.5) is 0 Å². The third-order valence-electron chi connectivity index (χ3n) is 6.46. The standard InChI is InChI=1S/C20H31N3O5/c21-19(27)20(12-16(20)13-24)22-18(26)15(10-14-4-2-1-3-5-14)11-17(25)23-6-8-28-9-7-23/h13-16H,1-12H2,(H2,21,27)(H,22,26)/t15-,16+,20+/m1/s1. The van der Waals surface area contributed by atoms with Crippen molar-refractivity contribution in [1.29, 1.82) is 0 Å². The van der Waals surface area contributed by atoms with Gasteiger partial charge in [0.05, 0.1) is 13.2 Å². The van der Waals surface area contributed by atoms with Crippen LogP contribution < -0.4 is 11.1 Å². The number of hydrogen-bond donors (Lipinski definition) is 2. The topological polar surface area (TPSA) is 119 Å². The normalized spacial score (nSPS) is 29.0. The van der Waals surface area contributed by atoms with Crippen molar-refractivity contribution in [3.8, 4) is 0 Å². The van der Waals surface area contributed by atoms with Crippen molar-refractivity contribution in [2.45, 2.75) is 56.9 Å². The van der Waals surface area contributed by atoms with Crippen molar-refractivity contribution in [2.75, 3.05) is 26.3 Å². The lowest BCUT2D eigenvalue weighted by molar-refractivity contribution is -0.140. The Morgan fingerprint density at radius 2 is 1.86 bits per heavy atom. The van der Waals surface area contributed by atoms with E-state index in [1.807, 2.05) is 0 Å². The van der Waals surface area contributed by atoms with Gasteiger partial charge in [0.25, 0.3) is 0 Å². The van der Waals surface area contributed by atoms with E-state index in [1.54, 1.807) is 4.90 Å². The van der Waals surface area contributed by atoms with E-state index >= 15 is 0 Å². The fourth-order valence-electron chi connectivity index (χ4n) is 4.52. The van der Waals surface area contributed by atoms with Gasteiger partial charge >= 0.3 is 0 Å². The minimum Gasteiger partial charge on any atom is -0.378 e. The second-order valence-electron chi connectivity index (χ2n) is 8.41. The highest BCUT2D eigenvalue weighted by atomic mass is 16.5. The van der Waals surface area contributed by atoms with Gasteiger partial charge in [0.2, 0.25) is 17.7 Å². The maximum absolute atomic E-state index is 13.0. The zero-order chi connectivity index (χ0) is 20.1. The molecule has 3 atom stereocenters. The van der Waals surface area contributed by atoms with Gasteiger partial charge < -0.3 is 25.5 Å². The number of amides is 3. The van der Waals surface area contributed by atoms with E-state index in [-0.39, 0.29) is 24.7 Å². The number of ether oxygens (including phenoxy) is 1. The van der Waals surface area contributed by atoms with Gasteiger partial charge in [0.1, 0.15) is 11.8 Å². The number of rotatable bonds is 8. The number of hydrogen-bond acceptors (Lipinski definition) is 5. The summed E-state index contributed by atoms with van der Waals surface area (Å²) in [5.74, 6) is -1.76. The van der Waals surface area contributed by atoms with Crippen molar-refractivity contribution in [3.05, 3.63) is 0 Å². The molecule has 0 aromatic heterocycles. The second kappa shape index (κ2) is 9.03. The van der Waals surface area contributed by atoms with Crippen LogP contribution in [0.3, 0.4) is 0 Å². The van der Waals surface area contributed by atoms with Crippen molar-refractivity contribution in [2.24, 2.45) is 23.5 Å². The SMILES string of the molecule is NC(=O)[C@]1(NC(=O)[C@@H](CC(=O)N2CCOCC2)CC2CCCCC2)C[C@H]1C=O. The summed E-state index contributed by atoms with van der Waals surface area (Å²) >= 11 is 0. The van der Waals surface area contributed by atoms with Gasteiger partial charge in [-0.25, -0.2) is 0 Å². The number of nitrogens with one attached hydrogen (secondary N) is 1. The quantitative estimate of drug-likeness (QED) is 0.578. The van der Waals surface area contributed by atoms with Gasteiger partial charge in [0.15, 0.2) is 0 Å². The molecule has 3 rings (SSSR count). The van der Waals surface area contributed by atoms with Crippen LogP contribution in [0, 0.1) is 17.8 Å². The summed E-state index contributed by atoms with van der Waals surface area (Å²) in [6.45, 7) is 2.10. The van der Waals surface area contributed by atoms with Crippen LogP contribution in [0.5, 0.6) is 0 Å². The molecule has 8 heteroatoms. The molecule has 0 spiro atoms. The zero-order valence-corrected chi connectivity index (χ0v) is 16.4. The largest absolute Gasteiger partial charge is 0.378 e. The molecule has 0 unspecified atom stereocenters. The molecule has 3 amide bonds. The lowest BCUT2D eigenvalue weighted by Crippen LogP contribution is -2.51. The van der Waals surface area contributed by atoms with E-state index < -0.39 is 23.3 Å². The molecule has 3 aliphatic rings. The average Bonchev–Trinajstić information content (AvgIpc) is 3.43. The van der Waals surface area contributed by atoms with Gasteiger partial charge in [0, 0.05) is 31.3 Å². The number of carbonyl (C=O) groups is 4. The summed E-state index contributed by atoms with van der Waals surface area (Å²) in [7, 11) is 0. The number of nitrogens with two attached hydrogens (primary N) is 1. The molecule has 3 fully saturated rings. The Morgan fingerprint density at radius 3 is 2.43 bits per heavy atom. The maximum atomic E-state index is 13.0. The third kappa shape index (κ3) is 4.71. The van der Waals surface area contributed by atoms with Crippen LogP contribution >= 0.6 is 0 Å². The van der Waals surface area contributed by atoms with Crippen molar-refractivity contribution in [3.63, 3.8) is 0 Å². The van der Waals surface area contributed by atoms with Gasteiger partial charge in [-0.2, -0.15) is 0 Å². The molecule has 0 aromatic carbocycles. The average molecular weight is 393 g/mol. The maximum Gasteiger partial charge on any atom is 0.243 e. The Hall–Kier alpha value is -1.96. The van der Waals surface area contributed by atoms with E-state index in [9.17, 15) is 19.2 Å². The summed E-state index contributed by atoms with van der Waals surface area (Å²) in [5.41, 5.74) is 4.18. The predicted molar refractivity (Wildman–Crippen MR) is 101 cm³/mol. The Bertz CT molecular complexity index is 613. The third-order valence-corrected chi connectivity index (χ3v) is 6.46. The van der Waals surface area contributed by atoms with Crippen molar-refractivity contribution >= 4 is 24.0 Å². The molecular weight excluding hydrogens is 362 g/mol. The van der Waals surface area contributed by atoms with Crippen LogP contribution in [-0.2, 0) is 23.9 Å². The van der Waals surface area contributed by atoms with Crippen molar-refractivity contribution in [1.82, 2.24) is 10.2 Å². The number of primary amides is 1. The molecule has 28 heavy (non-hydrogen) atoms. The van der Waals surface area contributed by atoms with Crippen LogP contribution in [0.25, 0.3) is 0 Å². The second-order valence-corrected chi connectivity index (χ2v) is 8.41. The zero-order valence-electron chi connectivity index (χ0n) is 16.4. The highest BCUT2D eigenvalue weighted by Crippen LogP contribution is 2.42. The summed E-state index contributed by atoms with van der Waals surface area (Å²) in [6.07, 6.45) is 7.28. The molecule has 0 bridgehead atoms. The molecule has 1 saturated heterocycles. The van der Waals surface area contributed by atoms with Crippen molar-refractivity contribution < 1.29 is 23.9 Å². The first kappa shape index (κ1) is 20.8. The Morgan fingerprint density at radius 1 is 1.18 bits per heavy atom. The van der Waals surface area contributed by atoms with Crippen LogP contribution in [0.1, 0.15) is 51.4 Å². The molecule has 2 aliphatic carbocycles. The van der Waals surface area contributed by atoms with Gasteiger partial charge in [-0.15, -0.1) is 0 Å². The van der Waals surface area contributed by atoms with Gasteiger partial charge in [-0.05, 0) is 18.8 Å². The summed E-state index contributed by atoms with van der Waals surface area (Å²) < 4.78 is 5.29. The Balaban J connectivity index is 1.67. The van der Waals surface area contributed by atoms with E-state index in [2.05, 4.69) is 5.32 Å². The molecule has 0 aromatic rings. The molecule has 156 valence electrons. The van der Waals surface area contributed by atoms with Gasteiger partial charge in [-0.3, -0.25) is 14.4 Å². The lowest BCUT2D eigenvalue weighted by atomic mass is 9.81. The number of morpholine rings is 1. The molecule has 1 aliphatic heterocycles. The molecule has 0 radical (unpaired) electrons. The number of aldehydes is 1. The monoisotopic (exact) mass is 393 g/mol. The van der Waals surface area contributed by atoms with E-state index in [0.717, 1.165) is 25.7 Å². The first-order valence-electron chi connectivity index (χ1n) is 10.4. The van der Waals surface area contributed by atoms with E-state index in [1.165, 1.54) is 6.42 Å². The fraction of sp³-hybridized carbons (Fsp3) is 0.800. The number of carbonyl (C=O) groups excluding carboxylic acids is 4.